The van der Waals surface area contributed by atoms with E-state index in [1.807, 2.05) is 11.6 Å². The van der Waals surface area contributed by atoms with Crippen LogP contribution >= 0.6 is 12.2 Å². The van der Waals surface area contributed by atoms with Crippen LogP contribution in [0.4, 0.5) is 0 Å². The van der Waals surface area contributed by atoms with Gasteiger partial charge >= 0.3 is 0 Å². The maximum Gasteiger partial charge on any atom is 0.246 e. The fourth-order valence-electron chi connectivity index (χ4n) is 2.68. The summed E-state index contributed by atoms with van der Waals surface area (Å²) >= 11 is 5.04. The van der Waals surface area contributed by atoms with E-state index in [0.717, 1.165) is 12.2 Å². The SMILES string of the molecule is C[C@@H]1CCCC[C@@H]1OCC(=O)NCCc1n[nH]c(=S)n1C. The molecule has 0 saturated heterocycles. The quantitative estimate of drug-likeness (QED) is 0.785. The molecule has 1 saturated carbocycles. The zero-order chi connectivity index (χ0) is 15.2. The van der Waals surface area contributed by atoms with Crippen molar-refractivity contribution in [2.75, 3.05) is 13.2 Å². The van der Waals surface area contributed by atoms with E-state index in [2.05, 4.69) is 22.4 Å². The average molecular weight is 312 g/mol. The van der Waals surface area contributed by atoms with Gasteiger partial charge in [0, 0.05) is 20.0 Å². The van der Waals surface area contributed by atoms with Gasteiger partial charge in [0.05, 0.1) is 6.10 Å². The molecule has 1 fully saturated rings. The Hall–Kier alpha value is -1.21. The number of nitrogens with zero attached hydrogens (tertiary/aromatic N) is 2. The van der Waals surface area contributed by atoms with E-state index < -0.39 is 0 Å². The third-order valence-corrected chi connectivity index (χ3v) is 4.47. The van der Waals surface area contributed by atoms with E-state index in [9.17, 15) is 4.79 Å². The molecule has 1 aliphatic rings. The molecule has 0 spiro atoms. The maximum atomic E-state index is 11.8. The number of carbonyl (C=O) groups excluding carboxylic acids is 1. The van der Waals surface area contributed by atoms with E-state index in [1.54, 1.807) is 0 Å². The van der Waals surface area contributed by atoms with Gasteiger partial charge in [-0.25, -0.2) is 0 Å². The maximum absolute atomic E-state index is 11.8. The van der Waals surface area contributed by atoms with Crippen LogP contribution in [0.1, 0.15) is 38.4 Å². The number of aromatic amines is 1. The second kappa shape index (κ2) is 7.70. The predicted octanol–water partition coefficient (Wildman–Crippen LogP) is 1.73. The van der Waals surface area contributed by atoms with Gasteiger partial charge < -0.3 is 14.6 Å². The molecule has 2 N–H and O–H groups in total. The summed E-state index contributed by atoms with van der Waals surface area (Å²) in [6.07, 6.45) is 5.63. The van der Waals surface area contributed by atoms with Gasteiger partial charge in [0.2, 0.25) is 5.91 Å². The molecule has 2 atom stereocenters. The van der Waals surface area contributed by atoms with Crippen molar-refractivity contribution in [3.8, 4) is 0 Å². The Bertz CT molecular complexity index is 525. The minimum atomic E-state index is -0.0652. The first kappa shape index (κ1) is 16.2. The Morgan fingerprint density at radius 1 is 1.52 bits per heavy atom. The minimum Gasteiger partial charge on any atom is -0.368 e. The van der Waals surface area contributed by atoms with Crippen LogP contribution in [-0.4, -0.2) is 39.9 Å². The lowest BCUT2D eigenvalue weighted by atomic mass is 9.88. The molecule has 0 bridgehead atoms. The zero-order valence-electron chi connectivity index (χ0n) is 12.7. The smallest absolute Gasteiger partial charge is 0.246 e. The van der Waals surface area contributed by atoms with Gasteiger partial charge in [0.1, 0.15) is 12.4 Å². The topological polar surface area (TPSA) is 71.9 Å². The van der Waals surface area contributed by atoms with E-state index >= 15 is 0 Å². The third-order valence-electron chi connectivity index (χ3n) is 4.10. The Balaban J connectivity index is 1.65. The summed E-state index contributed by atoms with van der Waals surface area (Å²) in [4.78, 5) is 11.8. The predicted molar refractivity (Wildman–Crippen MR) is 82.5 cm³/mol. The Kier molecular flexibility index (Phi) is 5.93. The first-order valence-electron chi connectivity index (χ1n) is 7.56. The van der Waals surface area contributed by atoms with Gasteiger partial charge in [-0.05, 0) is 31.0 Å². The molecule has 7 heteroatoms. The lowest BCUT2D eigenvalue weighted by Crippen LogP contribution is -2.34. The Morgan fingerprint density at radius 2 is 2.29 bits per heavy atom. The monoisotopic (exact) mass is 312 g/mol. The second-order valence-electron chi connectivity index (χ2n) is 5.72. The van der Waals surface area contributed by atoms with Crippen LogP contribution < -0.4 is 5.32 Å². The molecule has 0 aliphatic heterocycles. The summed E-state index contributed by atoms with van der Waals surface area (Å²) in [5.74, 6) is 1.33. The van der Waals surface area contributed by atoms with Crippen molar-refractivity contribution < 1.29 is 9.53 Å². The highest BCUT2D eigenvalue weighted by atomic mass is 32.1. The molecule has 1 aromatic rings. The largest absolute Gasteiger partial charge is 0.368 e. The van der Waals surface area contributed by atoms with Gasteiger partial charge in [0.25, 0.3) is 0 Å². The van der Waals surface area contributed by atoms with Crippen LogP contribution in [0.25, 0.3) is 0 Å². The molecule has 1 heterocycles. The highest BCUT2D eigenvalue weighted by Gasteiger charge is 2.22. The fourth-order valence-corrected chi connectivity index (χ4v) is 2.83. The van der Waals surface area contributed by atoms with E-state index in [-0.39, 0.29) is 18.6 Å². The summed E-state index contributed by atoms with van der Waals surface area (Å²) < 4.78 is 8.13. The van der Waals surface area contributed by atoms with E-state index in [1.165, 1.54) is 19.3 Å². The molecule has 2 rings (SSSR count). The summed E-state index contributed by atoms with van der Waals surface area (Å²) in [6, 6.07) is 0. The van der Waals surface area contributed by atoms with Gasteiger partial charge in [-0.15, -0.1) is 0 Å². The number of ether oxygens (including phenoxy) is 1. The number of hydrogen-bond acceptors (Lipinski definition) is 4. The lowest BCUT2D eigenvalue weighted by Gasteiger charge is -2.28. The third kappa shape index (κ3) is 4.64. The van der Waals surface area contributed by atoms with Crippen LogP contribution in [-0.2, 0) is 23.0 Å². The Morgan fingerprint density at radius 3 is 2.95 bits per heavy atom. The first-order chi connectivity index (χ1) is 10.1. The van der Waals surface area contributed by atoms with Crippen molar-refractivity contribution in [1.82, 2.24) is 20.1 Å². The molecular weight excluding hydrogens is 288 g/mol. The molecular formula is C14H24N4O2S. The van der Waals surface area contributed by atoms with Gasteiger partial charge in [-0.2, -0.15) is 5.10 Å². The van der Waals surface area contributed by atoms with Crippen LogP contribution in [0, 0.1) is 10.7 Å². The highest BCUT2D eigenvalue weighted by Crippen LogP contribution is 2.25. The number of H-pyrrole nitrogens is 1. The zero-order valence-corrected chi connectivity index (χ0v) is 13.5. The van der Waals surface area contributed by atoms with Crippen molar-refractivity contribution in [3.05, 3.63) is 10.6 Å². The molecule has 6 nitrogen and oxygen atoms in total. The molecule has 0 radical (unpaired) electrons. The van der Waals surface area contributed by atoms with Gasteiger partial charge in [0.15, 0.2) is 4.77 Å². The summed E-state index contributed by atoms with van der Waals surface area (Å²) in [5.41, 5.74) is 0. The Labute approximate surface area is 130 Å². The molecule has 21 heavy (non-hydrogen) atoms. The molecule has 1 amide bonds. The van der Waals surface area contributed by atoms with Crippen molar-refractivity contribution >= 4 is 18.1 Å². The normalized spacial score (nSPS) is 22.2. The summed E-state index contributed by atoms with van der Waals surface area (Å²) in [5, 5.41) is 9.69. The van der Waals surface area contributed by atoms with Crippen LogP contribution in [0.3, 0.4) is 0 Å². The molecule has 1 aliphatic carbocycles. The number of aromatic nitrogens is 3. The lowest BCUT2D eigenvalue weighted by molar-refractivity contribution is -0.129. The fraction of sp³-hybridized carbons (Fsp3) is 0.786. The number of hydrogen-bond donors (Lipinski definition) is 2. The van der Waals surface area contributed by atoms with Crippen molar-refractivity contribution in [2.45, 2.75) is 45.1 Å². The van der Waals surface area contributed by atoms with Crippen molar-refractivity contribution in [3.63, 3.8) is 0 Å². The van der Waals surface area contributed by atoms with Gasteiger partial charge in [-0.3, -0.25) is 9.89 Å². The van der Waals surface area contributed by atoms with E-state index in [4.69, 9.17) is 17.0 Å². The van der Waals surface area contributed by atoms with Crippen molar-refractivity contribution in [2.24, 2.45) is 13.0 Å². The second-order valence-corrected chi connectivity index (χ2v) is 6.10. The first-order valence-corrected chi connectivity index (χ1v) is 7.97. The molecule has 1 aromatic heterocycles. The van der Waals surface area contributed by atoms with Crippen LogP contribution in [0.2, 0.25) is 0 Å². The van der Waals surface area contributed by atoms with Crippen LogP contribution in [0.15, 0.2) is 0 Å². The van der Waals surface area contributed by atoms with Crippen LogP contribution in [0.5, 0.6) is 0 Å². The highest BCUT2D eigenvalue weighted by molar-refractivity contribution is 7.71. The number of nitrogens with one attached hydrogen (secondary N) is 2. The summed E-state index contributed by atoms with van der Waals surface area (Å²) in [7, 11) is 1.86. The average Bonchev–Trinajstić information content (AvgIpc) is 2.78. The minimum absolute atomic E-state index is 0.0652. The number of carbonyl (C=O) groups is 1. The summed E-state index contributed by atoms with van der Waals surface area (Å²) in [6.45, 7) is 2.88. The molecule has 0 aromatic carbocycles. The van der Waals surface area contributed by atoms with E-state index in [0.29, 0.717) is 23.7 Å². The molecule has 0 unspecified atom stereocenters. The molecule has 118 valence electrons. The number of rotatable bonds is 6. The standard InChI is InChI=1S/C14H24N4O2S/c1-10-5-3-4-6-11(10)20-9-13(19)15-8-7-12-16-17-14(21)18(12)2/h10-11H,3-9H2,1-2H3,(H,15,19)(H,17,21)/t10-,11+/m1/s1. The number of amides is 1. The van der Waals surface area contributed by atoms with Gasteiger partial charge in [-0.1, -0.05) is 19.8 Å². The van der Waals surface area contributed by atoms with Crippen molar-refractivity contribution in [1.29, 1.82) is 0 Å².